The summed E-state index contributed by atoms with van der Waals surface area (Å²) in [6, 6.07) is 0. The van der Waals surface area contributed by atoms with Crippen LogP contribution in [0.3, 0.4) is 0 Å². The highest BCUT2D eigenvalue weighted by molar-refractivity contribution is 7.18. The van der Waals surface area contributed by atoms with Crippen molar-refractivity contribution in [3.05, 3.63) is 200 Å². The van der Waals surface area contributed by atoms with Gasteiger partial charge in [-0.05, 0) is 335 Å². The van der Waals surface area contributed by atoms with Crippen molar-refractivity contribution in [1.82, 2.24) is 40.0 Å². The fraction of sp³-hybridized carbons (Fsp3) is 0.578. The highest BCUT2D eigenvalue weighted by Crippen LogP contribution is 2.36. The molecule has 2 aromatic carbocycles. The fourth-order valence-corrected chi connectivity index (χ4v) is 14.9. The first kappa shape index (κ1) is 90.8. The van der Waals surface area contributed by atoms with Crippen LogP contribution in [0.1, 0.15) is 358 Å². The smallest absolute Gasteiger partial charge is 0.136 e. The average molecular weight is 1410 g/mol. The highest BCUT2D eigenvalue weighted by Gasteiger charge is 2.19. The lowest BCUT2D eigenvalue weighted by Gasteiger charge is -2.21. The van der Waals surface area contributed by atoms with Crippen LogP contribution < -0.4 is 0 Å². The Balaban J connectivity index is 0.000000394. The van der Waals surface area contributed by atoms with E-state index in [1.54, 1.807) is 5.56 Å². The van der Waals surface area contributed by atoms with Gasteiger partial charge in [0.05, 0.1) is 31.6 Å². The summed E-state index contributed by atoms with van der Waals surface area (Å²) in [4.78, 5) is 33.1. The molecule has 9 rings (SSSR count). The van der Waals surface area contributed by atoms with Gasteiger partial charge in [-0.15, -0.1) is 22.7 Å². The summed E-state index contributed by atoms with van der Waals surface area (Å²) in [5.41, 5.74) is 42.2. The SMILES string of the molecule is Cc1c(C)c(C)c(C(C)C)c(C)c1C.Cc1c(C)c(C)c2sc(C(C)C)nc2c1C.Cc1nc(C(C)C)c(C)c(C)c1C.Cc1nc(C(C)C)nc(C)c1C.Cc1nc(C(C)C)sc1C.Cc1nc(C)c(C(C)C)c(C)c1C.Cc1nc(C)c(C)c(C(C)C)c1C.Cc1onc(C(C)C)c1C. The van der Waals surface area contributed by atoms with Gasteiger partial charge in [-0.25, -0.2) is 19.9 Å². The van der Waals surface area contributed by atoms with Gasteiger partial charge < -0.3 is 4.52 Å². The number of fused-ring (bicyclic) bond motifs is 1. The number of hydrogen-bond donors (Lipinski definition) is 0. The molecule has 0 spiro atoms. The van der Waals surface area contributed by atoms with E-state index in [2.05, 4.69) is 312 Å². The normalized spacial score (nSPS) is 11.1. The number of aryl methyl sites for hydroxylation is 12. The van der Waals surface area contributed by atoms with Gasteiger partial charge in [0.15, 0.2) is 0 Å². The van der Waals surface area contributed by atoms with Crippen molar-refractivity contribution in [2.75, 3.05) is 0 Å². The topological polar surface area (TPSA) is 116 Å². The molecule has 7 heterocycles. The van der Waals surface area contributed by atoms with E-state index in [0.29, 0.717) is 47.3 Å². The summed E-state index contributed by atoms with van der Waals surface area (Å²) >= 11 is 3.67. The van der Waals surface area contributed by atoms with E-state index in [1.165, 1.54) is 176 Å². The minimum Gasteiger partial charge on any atom is -0.361 e. The maximum atomic E-state index is 5.01. The molecule has 0 radical (unpaired) electrons. The molecule has 9 nitrogen and oxygen atoms in total. The van der Waals surface area contributed by atoms with Gasteiger partial charge in [-0.3, -0.25) is 15.0 Å². The second-order valence-corrected chi connectivity index (χ2v) is 33.4. The molecule has 0 fully saturated rings. The molecular formula is C90H140N8OS2. The van der Waals surface area contributed by atoms with Crippen LogP contribution in [0.4, 0.5) is 0 Å². The van der Waals surface area contributed by atoms with E-state index in [4.69, 9.17) is 9.51 Å². The van der Waals surface area contributed by atoms with Gasteiger partial charge in [0.1, 0.15) is 11.6 Å². The first-order chi connectivity index (χ1) is 46.4. The molecular weight excluding hydrogens is 1270 g/mol. The number of benzene rings is 2. The Bertz CT molecular complexity index is 4090. The van der Waals surface area contributed by atoms with Crippen molar-refractivity contribution < 1.29 is 4.52 Å². The molecule has 0 aliphatic carbocycles. The molecule has 0 saturated heterocycles. The minimum absolute atomic E-state index is 0.419. The van der Waals surface area contributed by atoms with Crippen LogP contribution in [0.15, 0.2) is 4.52 Å². The zero-order chi connectivity index (χ0) is 78.3. The van der Waals surface area contributed by atoms with Crippen LogP contribution in [0.5, 0.6) is 0 Å². The van der Waals surface area contributed by atoms with Crippen molar-refractivity contribution in [3.63, 3.8) is 0 Å². The Morgan fingerprint density at radius 3 is 0.941 bits per heavy atom. The third-order valence-electron chi connectivity index (χ3n) is 21.1. The maximum Gasteiger partial charge on any atom is 0.136 e. The Morgan fingerprint density at radius 2 is 0.574 bits per heavy atom. The minimum atomic E-state index is 0.419. The highest BCUT2D eigenvalue weighted by atomic mass is 32.1. The number of pyridine rings is 3. The molecule has 0 aliphatic heterocycles. The van der Waals surface area contributed by atoms with Crippen molar-refractivity contribution in [2.24, 2.45) is 0 Å². The fourth-order valence-electron chi connectivity index (χ4n) is 12.8. The molecule has 9 aromatic rings. The molecule has 0 saturated carbocycles. The van der Waals surface area contributed by atoms with Crippen molar-refractivity contribution in [3.8, 4) is 0 Å². The monoisotopic (exact) mass is 1410 g/mol. The number of aromatic nitrogens is 8. The van der Waals surface area contributed by atoms with Crippen molar-refractivity contribution in [1.29, 1.82) is 0 Å². The molecule has 0 bridgehead atoms. The predicted molar refractivity (Wildman–Crippen MR) is 445 cm³/mol. The number of thiazole rings is 2. The lowest BCUT2D eigenvalue weighted by atomic mass is 9.85. The largest absolute Gasteiger partial charge is 0.361 e. The first-order valence-corrected chi connectivity index (χ1v) is 39.0. The second kappa shape index (κ2) is 39.5. The average Bonchev–Trinajstić information content (AvgIpc) is 1.75. The third-order valence-corrected chi connectivity index (χ3v) is 24.0. The van der Waals surface area contributed by atoms with Crippen LogP contribution in [-0.2, 0) is 0 Å². The first-order valence-electron chi connectivity index (χ1n) is 37.4. The summed E-state index contributed by atoms with van der Waals surface area (Å²) in [5, 5.41) is 6.45. The van der Waals surface area contributed by atoms with E-state index < -0.39 is 0 Å². The van der Waals surface area contributed by atoms with Gasteiger partial charge in [-0.1, -0.05) is 116 Å². The molecule has 558 valence electrons. The van der Waals surface area contributed by atoms with E-state index in [-0.39, 0.29) is 0 Å². The standard InChI is InChI=1S/C14H19NS.C14H22.3C12H19N.C10H16N2.C8H13NO.C8H13NS/c1-7(2)14-15-12-10(5)8(3)9(4)11(6)13(12)16-14;1-8(2)14-12(6)10(4)9(3)11(5)13(14)7;1-7(2)12-8(3)10(5)13-11(6)9(12)4;1-7(2)12-9(4)8(3)10(5)13-11(12)6;1-7(2)12-10(5)8(3)9(4)11(6)13-12;1-6(2)10-11-8(4)7(3)9(5)12-10;1-5(2)8-6(3)7(4)10-9-8;1-5(2)8-9-6(3)7(4)10-8/h7H,1-6H3;8H,1-7H3;3*7H,1-6H3;6H,1-5H3;2*5H,1-4H3. The molecule has 7 aromatic heterocycles. The Hall–Kier alpha value is -6.30. The maximum absolute atomic E-state index is 5.01. The van der Waals surface area contributed by atoms with E-state index >= 15 is 0 Å². The molecule has 11 heteroatoms. The van der Waals surface area contributed by atoms with Crippen LogP contribution >= 0.6 is 22.7 Å². The van der Waals surface area contributed by atoms with E-state index in [9.17, 15) is 0 Å². The van der Waals surface area contributed by atoms with Crippen molar-refractivity contribution >= 4 is 32.9 Å². The van der Waals surface area contributed by atoms with Gasteiger partial charge in [0.2, 0.25) is 0 Å². The Morgan fingerprint density at radius 1 is 0.228 bits per heavy atom. The molecule has 0 atom stereocenters. The van der Waals surface area contributed by atoms with Gasteiger partial charge in [0, 0.05) is 73.7 Å². The third kappa shape index (κ3) is 23.6. The lowest BCUT2D eigenvalue weighted by Crippen LogP contribution is -2.04. The summed E-state index contributed by atoms with van der Waals surface area (Å²) in [6.07, 6.45) is 0. The number of nitrogens with zero attached hydrogens (tertiary/aromatic N) is 8. The van der Waals surface area contributed by atoms with Gasteiger partial charge in [-0.2, -0.15) is 0 Å². The molecule has 0 unspecified atom stereocenters. The number of rotatable bonds is 8. The Labute approximate surface area is 625 Å². The number of hydrogen-bond acceptors (Lipinski definition) is 11. The molecule has 101 heavy (non-hydrogen) atoms. The second-order valence-electron chi connectivity index (χ2n) is 31.2. The summed E-state index contributed by atoms with van der Waals surface area (Å²) in [5.74, 6) is 6.21. The molecule has 0 aliphatic rings. The zero-order valence-electron chi connectivity index (χ0n) is 72.4. The zero-order valence-corrected chi connectivity index (χ0v) is 74.1. The lowest BCUT2D eigenvalue weighted by molar-refractivity contribution is 0.387. The summed E-state index contributed by atoms with van der Waals surface area (Å²) in [7, 11) is 0. The van der Waals surface area contributed by atoms with E-state index in [1.807, 2.05) is 50.4 Å². The van der Waals surface area contributed by atoms with Crippen LogP contribution in [-0.4, -0.2) is 40.0 Å². The van der Waals surface area contributed by atoms with Crippen molar-refractivity contribution in [2.45, 2.75) is 352 Å². The van der Waals surface area contributed by atoms with Crippen LogP contribution in [0, 0.1) is 194 Å². The molecule has 0 amide bonds. The predicted octanol–water partition coefficient (Wildman–Crippen LogP) is 27.1. The Kier molecular flexibility index (Phi) is 35.5. The van der Waals surface area contributed by atoms with Gasteiger partial charge in [0.25, 0.3) is 0 Å². The van der Waals surface area contributed by atoms with Crippen LogP contribution in [0.2, 0.25) is 0 Å². The quantitative estimate of drug-likeness (QED) is 0.147. The van der Waals surface area contributed by atoms with Gasteiger partial charge >= 0.3 is 0 Å². The summed E-state index contributed by atoms with van der Waals surface area (Å²) < 4.78 is 6.39. The molecule has 0 N–H and O–H groups in total. The van der Waals surface area contributed by atoms with E-state index in [0.717, 1.165) is 28.7 Å². The van der Waals surface area contributed by atoms with Crippen LogP contribution in [0.25, 0.3) is 10.2 Å². The summed E-state index contributed by atoms with van der Waals surface area (Å²) in [6.45, 7) is 95.2.